The molecule has 1 amide bonds. The Hall–Kier alpha value is -2.95. The van der Waals surface area contributed by atoms with Crippen LogP contribution in [0, 0.1) is 0 Å². The number of carbonyl (C=O) groups excluding carboxylic acids is 1. The largest absolute Gasteiger partial charge is 0.597 e. The quantitative estimate of drug-likeness (QED) is 0.166. The van der Waals surface area contributed by atoms with Crippen LogP contribution in [0.5, 0.6) is 0 Å². The molecule has 1 saturated heterocycles. The third-order valence-corrected chi connectivity index (χ3v) is 14.0. The SMILES string of the molecule is Cn1ncc2cc(-c3c(Br)n(Sc4ccccc4)c4ncc5c(c34)C3(CCCN([S+]([O-])C4(C)CC4)CC3)C(=O)N5C(O)(O)O)ccc21. The molecule has 2 unspecified atom stereocenters. The molecule has 2 atom stereocenters. The molecule has 3 aromatic heterocycles. The average Bonchev–Trinajstić information content (AvgIpc) is 3.60. The Morgan fingerprint density at radius 3 is 2.53 bits per heavy atom. The number of aliphatic hydroxyl groups is 3. The fourth-order valence-corrected chi connectivity index (χ4v) is 10.5. The van der Waals surface area contributed by atoms with Crippen LogP contribution in [0.4, 0.5) is 5.69 Å². The number of carbonyl (C=O) groups is 1. The lowest BCUT2D eigenvalue weighted by molar-refractivity contribution is -0.306. The van der Waals surface area contributed by atoms with Crippen LogP contribution in [0.15, 0.2) is 70.4 Å². The Morgan fingerprint density at radius 2 is 1.81 bits per heavy atom. The standard InChI is InChI=1S/C33H33BrN6O5S2/c1-31(12-13-31)47(45)38-15-6-11-32(14-16-38)27-24(39(30(32)41)33(42,43)44)19-35-29-26(27)25(20-9-10-23-21(17-20)18-36-37(23)2)28(34)40(29)46-22-7-4-3-5-8-22/h3-5,7-10,17-19,42-44H,6,11-16H2,1-2H3. The first-order chi connectivity index (χ1) is 22.4. The first-order valence-electron chi connectivity index (χ1n) is 15.5. The van der Waals surface area contributed by atoms with Crippen molar-refractivity contribution in [2.24, 2.45) is 7.05 Å². The van der Waals surface area contributed by atoms with E-state index in [-0.39, 0.29) is 16.9 Å². The predicted octanol–water partition coefficient (Wildman–Crippen LogP) is 4.78. The van der Waals surface area contributed by atoms with E-state index in [9.17, 15) is 24.7 Å². The van der Waals surface area contributed by atoms with Crippen molar-refractivity contribution in [2.75, 3.05) is 18.0 Å². The van der Waals surface area contributed by atoms with Gasteiger partial charge in [0.25, 0.3) is 0 Å². The van der Waals surface area contributed by atoms with Crippen LogP contribution >= 0.6 is 27.9 Å². The summed E-state index contributed by atoms with van der Waals surface area (Å²) in [6.45, 7) is 2.95. The first kappa shape index (κ1) is 31.3. The molecule has 2 aromatic carbocycles. The lowest BCUT2D eigenvalue weighted by Crippen LogP contribution is -2.54. The van der Waals surface area contributed by atoms with Gasteiger partial charge in [-0.3, -0.25) is 13.4 Å². The molecule has 0 radical (unpaired) electrons. The van der Waals surface area contributed by atoms with Gasteiger partial charge in [0.2, 0.25) is 5.91 Å². The van der Waals surface area contributed by atoms with E-state index >= 15 is 0 Å². The summed E-state index contributed by atoms with van der Waals surface area (Å²) in [5.41, 5.74) is 2.64. The summed E-state index contributed by atoms with van der Waals surface area (Å²) < 4.78 is 19.8. The highest BCUT2D eigenvalue weighted by Crippen LogP contribution is 2.56. The normalized spacial score (nSPS) is 21.9. The first-order valence-corrected chi connectivity index (χ1v) is 18.2. The summed E-state index contributed by atoms with van der Waals surface area (Å²) in [6.07, 6.45) is 2.79. The number of halogens is 1. The van der Waals surface area contributed by atoms with Crippen LogP contribution < -0.4 is 4.90 Å². The molecule has 5 heterocycles. The van der Waals surface area contributed by atoms with Crippen LogP contribution in [0.25, 0.3) is 33.1 Å². The maximum atomic E-state index is 14.6. The number of rotatable bonds is 6. The minimum absolute atomic E-state index is 0.136. The van der Waals surface area contributed by atoms with E-state index in [4.69, 9.17) is 4.98 Å². The van der Waals surface area contributed by atoms with Gasteiger partial charge in [-0.15, -0.1) is 4.31 Å². The predicted molar refractivity (Wildman–Crippen MR) is 185 cm³/mol. The molecule has 5 aromatic rings. The van der Waals surface area contributed by atoms with E-state index < -0.39 is 28.8 Å². The molecular formula is C33H33BrN6O5S2. The van der Waals surface area contributed by atoms with Crippen molar-refractivity contribution in [1.29, 1.82) is 0 Å². The van der Waals surface area contributed by atoms with Gasteiger partial charge < -0.3 is 19.9 Å². The zero-order valence-corrected chi connectivity index (χ0v) is 29.0. The maximum absolute atomic E-state index is 14.6. The molecule has 3 aliphatic rings. The van der Waals surface area contributed by atoms with Crippen LogP contribution in [-0.2, 0) is 28.6 Å². The lowest BCUT2D eigenvalue weighted by Gasteiger charge is -2.31. The highest BCUT2D eigenvalue weighted by molar-refractivity contribution is 9.10. The number of aromatic nitrogens is 4. The molecule has 3 N–H and O–H groups in total. The summed E-state index contributed by atoms with van der Waals surface area (Å²) >= 11 is 4.17. The summed E-state index contributed by atoms with van der Waals surface area (Å²) in [5.74, 6) is -0.618. The Balaban J connectivity index is 1.39. The molecule has 11 nitrogen and oxygen atoms in total. The van der Waals surface area contributed by atoms with Gasteiger partial charge in [0.1, 0.15) is 9.35 Å². The van der Waals surface area contributed by atoms with Gasteiger partial charge >= 0.3 is 6.10 Å². The average molecular weight is 738 g/mol. The Kier molecular flexibility index (Phi) is 7.36. The maximum Gasteiger partial charge on any atom is 0.376 e. The number of hydrogen-bond acceptors (Lipinski definition) is 9. The van der Waals surface area contributed by atoms with Gasteiger partial charge in [0.05, 0.1) is 29.0 Å². The van der Waals surface area contributed by atoms with E-state index in [0.29, 0.717) is 52.0 Å². The minimum Gasteiger partial charge on any atom is -0.597 e. The van der Waals surface area contributed by atoms with Gasteiger partial charge in [-0.2, -0.15) is 5.10 Å². The Bertz CT molecular complexity index is 2060. The molecule has 2 aliphatic heterocycles. The number of anilines is 1. The van der Waals surface area contributed by atoms with Crippen LogP contribution in [0.2, 0.25) is 0 Å². The highest BCUT2D eigenvalue weighted by Gasteiger charge is 2.59. The number of nitrogens with zero attached hydrogens (tertiary/aromatic N) is 6. The van der Waals surface area contributed by atoms with E-state index in [1.807, 2.05) is 70.8 Å². The molecule has 1 spiro atoms. The van der Waals surface area contributed by atoms with Crippen molar-refractivity contribution >= 4 is 72.8 Å². The minimum atomic E-state index is -3.45. The van der Waals surface area contributed by atoms with Gasteiger partial charge in [0, 0.05) is 71.1 Å². The van der Waals surface area contributed by atoms with E-state index in [0.717, 1.165) is 39.8 Å². The van der Waals surface area contributed by atoms with Crippen molar-refractivity contribution in [3.63, 3.8) is 0 Å². The van der Waals surface area contributed by atoms with Crippen molar-refractivity contribution < 1.29 is 24.7 Å². The van der Waals surface area contributed by atoms with Crippen molar-refractivity contribution in [3.05, 3.63) is 71.1 Å². The molecule has 8 rings (SSSR count). The molecular weight excluding hydrogens is 704 g/mol. The van der Waals surface area contributed by atoms with Crippen molar-refractivity contribution in [2.45, 2.75) is 60.2 Å². The number of amides is 1. The fourth-order valence-electron chi connectivity index (χ4n) is 7.22. The molecule has 244 valence electrons. The zero-order valence-electron chi connectivity index (χ0n) is 25.8. The van der Waals surface area contributed by atoms with Crippen molar-refractivity contribution in [3.8, 4) is 11.1 Å². The summed E-state index contributed by atoms with van der Waals surface area (Å²) in [7, 11) is 1.89. The number of aryl methyl sites for hydroxylation is 1. The number of fused-ring (bicyclic) bond motifs is 5. The number of benzene rings is 2. The monoisotopic (exact) mass is 736 g/mol. The van der Waals surface area contributed by atoms with Gasteiger partial charge in [-0.25, -0.2) is 9.88 Å². The zero-order chi connectivity index (χ0) is 32.9. The van der Waals surface area contributed by atoms with Gasteiger partial charge in [-0.05, 0) is 83.9 Å². The molecule has 1 saturated carbocycles. The molecule has 47 heavy (non-hydrogen) atoms. The highest BCUT2D eigenvalue weighted by atomic mass is 79.9. The van der Waals surface area contributed by atoms with Crippen LogP contribution in [-0.4, -0.2) is 72.8 Å². The van der Waals surface area contributed by atoms with Gasteiger partial charge in [0.15, 0.2) is 5.65 Å². The van der Waals surface area contributed by atoms with E-state index in [2.05, 4.69) is 21.0 Å². The lowest BCUT2D eigenvalue weighted by atomic mass is 9.74. The van der Waals surface area contributed by atoms with Crippen LogP contribution in [0.3, 0.4) is 0 Å². The smallest absolute Gasteiger partial charge is 0.376 e. The Morgan fingerprint density at radius 1 is 1.04 bits per heavy atom. The number of pyridine rings is 1. The molecule has 14 heteroatoms. The molecule has 1 aliphatic carbocycles. The number of hydrogen-bond donors (Lipinski definition) is 3. The molecule has 2 fully saturated rings. The third-order valence-electron chi connectivity index (χ3n) is 9.88. The summed E-state index contributed by atoms with van der Waals surface area (Å²) in [5, 5.41) is 37.9. The second-order valence-corrected chi connectivity index (χ2v) is 16.7. The third kappa shape index (κ3) is 4.87. The van der Waals surface area contributed by atoms with Crippen molar-refractivity contribution in [1.82, 2.24) is 23.0 Å². The fraction of sp³-hybridized carbons (Fsp3) is 0.364. The topological polar surface area (TPSA) is 143 Å². The van der Waals surface area contributed by atoms with E-state index in [1.54, 1.807) is 10.9 Å². The van der Waals surface area contributed by atoms with Gasteiger partial charge in [-0.1, -0.05) is 24.3 Å². The second-order valence-electron chi connectivity index (χ2n) is 12.9. The van der Waals surface area contributed by atoms with Crippen LogP contribution in [0.1, 0.15) is 44.6 Å². The molecule has 0 bridgehead atoms. The summed E-state index contributed by atoms with van der Waals surface area (Å²) in [6, 6.07) is 15.9. The second kappa shape index (κ2) is 11.0. The summed E-state index contributed by atoms with van der Waals surface area (Å²) in [4.78, 5) is 21.0. The Labute approximate surface area is 286 Å². The van der Waals surface area contributed by atoms with E-state index in [1.165, 1.54) is 18.1 Å².